The van der Waals surface area contributed by atoms with E-state index in [0.717, 1.165) is 56.7 Å². The van der Waals surface area contributed by atoms with Crippen molar-refractivity contribution in [2.24, 2.45) is 11.7 Å². The molecular weight excluding hydrogens is 290 g/mol. The van der Waals surface area contributed by atoms with Gasteiger partial charge in [0, 0.05) is 31.5 Å². The van der Waals surface area contributed by atoms with Gasteiger partial charge in [-0.05, 0) is 32.6 Å². The number of aromatic nitrogens is 3. The third-order valence-corrected chi connectivity index (χ3v) is 5.40. The van der Waals surface area contributed by atoms with E-state index in [1.165, 1.54) is 19.3 Å². The van der Waals surface area contributed by atoms with E-state index >= 15 is 0 Å². The number of nitrogens with zero attached hydrogens (tertiary/aromatic N) is 3. The minimum absolute atomic E-state index is 0.0632. The Labute approximate surface area is 138 Å². The molecule has 3 N–H and O–H groups in total. The maximum atomic E-state index is 12.5. The number of carbonyl (C=O) groups excluding carboxylic acids is 1. The van der Waals surface area contributed by atoms with E-state index in [0.29, 0.717) is 6.54 Å². The Morgan fingerprint density at radius 3 is 3.00 bits per heavy atom. The lowest BCUT2D eigenvalue weighted by atomic mass is 9.74. The summed E-state index contributed by atoms with van der Waals surface area (Å²) < 4.78 is 2.24. The van der Waals surface area contributed by atoms with E-state index in [2.05, 4.69) is 20.1 Å². The Morgan fingerprint density at radius 1 is 1.30 bits per heavy atom. The average Bonchev–Trinajstić information content (AvgIpc) is 2.75. The second-order valence-electron chi connectivity index (χ2n) is 7.34. The lowest BCUT2D eigenvalue weighted by molar-refractivity contribution is -0.128. The minimum Gasteiger partial charge on any atom is -0.355 e. The van der Waals surface area contributed by atoms with Crippen molar-refractivity contribution in [3.8, 4) is 0 Å². The van der Waals surface area contributed by atoms with E-state index in [9.17, 15) is 4.79 Å². The summed E-state index contributed by atoms with van der Waals surface area (Å²) in [6, 6.07) is 0. The molecule has 0 saturated heterocycles. The number of carbonyl (C=O) groups is 1. The summed E-state index contributed by atoms with van der Waals surface area (Å²) >= 11 is 0. The second-order valence-corrected chi connectivity index (χ2v) is 7.34. The van der Waals surface area contributed by atoms with Crippen LogP contribution >= 0.6 is 0 Å². The zero-order valence-corrected chi connectivity index (χ0v) is 14.2. The molecule has 23 heavy (non-hydrogen) atoms. The van der Waals surface area contributed by atoms with E-state index in [4.69, 9.17) is 5.73 Å². The summed E-state index contributed by atoms with van der Waals surface area (Å²) in [4.78, 5) is 12.5. The zero-order chi connectivity index (χ0) is 16.3. The smallest absolute Gasteiger partial charge is 0.224 e. The van der Waals surface area contributed by atoms with Crippen molar-refractivity contribution in [2.75, 3.05) is 6.54 Å². The summed E-state index contributed by atoms with van der Waals surface area (Å²) in [6.07, 6.45) is 9.48. The van der Waals surface area contributed by atoms with Crippen molar-refractivity contribution < 1.29 is 4.79 Å². The first-order valence-corrected chi connectivity index (χ1v) is 9.05. The van der Waals surface area contributed by atoms with Crippen molar-refractivity contribution in [1.82, 2.24) is 20.1 Å². The third-order valence-electron chi connectivity index (χ3n) is 5.40. The molecule has 0 aromatic carbocycles. The summed E-state index contributed by atoms with van der Waals surface area (Å²) in [5, 5.41) is 11.7. The maximum Gasteiger partial charge on any atom is 0.224 e. The van der Waals surface area contributed by atoms with Gasteiger partial charge in [0.15, 0.2) is 0 Å². The molecule has 1 amide bonds. The van der Waals surface area contributed by atoms with Crippen LogP contribution in [-0.2, 0) is 24.2 Å². The van der Waals surface area contributed by atoms with Gasteiger partial charge in [0.2, 0.25) is 5.91 Å². The van der Waals surface area contributed by atoms with Crippen LogP contribution in [0.15, 0.2) is 0 Å². The van der Waals surface area contributed by atoms with Crippen LogP contribution in [0, 0.1) is 5.92 Å². The van der Waals surface area contributed by atoms with Crippen LogP contribution in [0.4, 0.5) is 0 Å². The van der Waals surface area contributed by atoms with Gasteiger partial charge in [0.25, 0.3) is 0 Å². The largest absolute Gasteiger partial charge is 0.355 e. The summed E-state index contributed by atoms with van der Waals surface area (Å²) in [7, 11) is 0. The van der Waals surface area contributed by atoms with Gasteiger partial charge in [-0.2, -0.15) is 0 Å². The van der Waals surface area contributed by atoms with Crippen molar-refractivity contribution >= 4 is 5.91 Å². The van der Waals surface area contributed by atoms with Gasteiger partial charge in [-0.1, -0.05) is 19.3 Å². The Balaban J connectivity index is 1.53. The Morgan fingerprint density at radius 2 is 2.17 bits per heavy atom. The highest BCUT2D eigenvalue weighted by Gasteiger charge is 2.37. The molecule has 3 rings (SSSR count). The van der Waals surface area contributed by atoms with Gasteiger partial charge < -0.3 is 15.6 Å². The molecule has 0 spiro atoms. The fraction of sp³-hybridized carbons (Fsp3) is 0.824. The number of rotatable bonds is 4. The fourth-order valence-electron chi connectivity index (χ4n) is 3.94. The van der Waals surface area contributed by atoms with Crippen molar-refractivity contribution in [3.05, 3.63) is 11.6 Å². The first-order valence-electron chi connectivity index (χ1n) is 9.05. The number of nitrogens with one attached hydrogen (secondary N) is 1. The summed E-state index contributed by atoms with van der Waals surface area (Å²) in [5.74, 6) is 2.14. The maximum absolute atomic E-state index is 12.5. The molecule has 2 atom stereocenters. The second kappa shape index (κ2) is 6.99. The van der Waals surface area contributed by atoms with Gasteiger partial charge in [0.1, 0.15) is 11.6 Å². The lowest BCUT2D eigenvalue weighted by Gasteiger charge is -2.37. The fourth-order valence-corrected chi connectivity index (χ4v) is 3.94. The van der Waals surface area contributed by atoms with Gasteiger partial charge >= 0.3 is 0 Å². The first-order chi connectivity index (χ1) is 11.1. The highest BCUT2D eigenvalue weighted by atomic mass is 16.1. The van der Waals surface area contributed by atoms with Crippen molar-refractivity contribution in [3.63, 3.8) is 0 Å². The SMILES string of the molecule is CC1(N)CCCCC1C(=O)NCCc1nnc2n1CCCCC2. The average molecular weight is 319 g/mol. The first kappa shape index (κ1) is 16.4. The molecule has 6 nitrogen and oxygen atoms in total. The molecule has 6 heteroatoms. The highest BCUT2D eigenvalue weighted by molar-refractivity contribution is 5.80. The van der Waals surface area contributed by atoms with Crippen LogP contribution in [0.5, 0.6) is 0 Å². The molecule has 2 heterocycles. The highest BCUT2D eigenvalue weighted by Crippen LogP contribution is 2.31. The molecule has 2 aliphatic rings. The molecule has 1 aliphatic carbocycles. The summed E-state index contributed by atoms with van der Waals surface area (Å²) in [6.45, 7) is 3.63. The molecule has 0 radical (unpaired) electrons. The third kappa shape index (κ3) is 3.74. The normalized spacial score (nSPS) is 28.0. The quantitative estimate of drug-likeness (QED) is 0.882. The number of amides is 1. The molecular formula is C17H29N5O. The Bertz CT molecular complexity index is 551. The number of hydrogen-bond donors (Lipinski definition) is 2. The molecule has 1 aromatic heterocycles. The van der Waals surface area contributed by atoms with Crippen LogP contribution in [0.2, 0.25) is 0 Å². The monoisotopic (exact) mass is 319 g/mol. The number of aryl methyl sites for hydroxylation is 1. The van der Waals surface area contributed by atoms with E-state index in [1.54, 1.807) is 0 Å². The molecule has 1 aromatic rings. The van der Waals surface area contributed by atoms with Crippen molar-refractivity contribution in [2.45, 2.75) is 76.8 Å². The molecule has 128 valence electrons. The van der Waals surface area contributed by atoms with Gasteiger partial charge in [0.05, 0.1) is 5.92 Å². The molecule has 0 bridgehead atoms. The van der Waals surface area contributed by atoms with E-state index < -0.39 is 0 Å². The summed E-state index contributed by atoms with van der Waals surface area (Å²) in [5.41, 5.74) is 5.94. The molecule has 2 unspecified atom stereocenters. The minimum atomic E-state index is -0.367. The topological polar surface area (TPSA) is 85.8 Å². The van der Waals surface area contributed by atoms with Crippen molar-refractivity contribution in [1.29, 1.82) is 0 Å². The predicted octanol–water partition coefficient (Wildman–Crippen LogP) is 1.57. The molecule has 1 fully saturated rings. The predicted molar refractivity (Wildman–Crippen MR) is 88.8 cm³/mol. The molecule has 1 aliphatic heterocycles. The Hall–Kier alpha value is -1.43. The van der Waals surface area contributed by atoms with E-state index in [1.807, 2.05) is 6.92 Å². The van der Waals surface area contributed by atoms with Gasteiger partial charge in [-0.3, -0.25) is 4.79 Å². The Kier molecular flexibility index (Phi) is 4.99. The van der Waals surface area contributed by atoms with Crippen LogP contribution < -0.4 is 11.1 Å². The van der Waals surface area contributed by atoms with Crippen LogP contribution in [0.1, 0.15) is 63.5 Å². The number of nitrogens with two attached hydrogens (primary N) is 1. The standard InChI is InChI=1S/C17H29N5O/c1-17(18)10-5-4-7-13(17)16(23)19-11-9-15-21-20-14-8-3-2-6-12-22(14)15/h13H,2-12,18H2,1H3,(H,19,23). The number of hydrogen-bond acceptors (Lipinski definition) is 4. The lowest BCUT2D eigenvalue weighted by Crippen LogP contribution is -2.53. The van der Waals surface area contributed by atoms with Crippen LogP contribution in [0.3, 0.4) is 0 Å². The molecule has 1 saturated carbocycles. The van der Waals surface area contributed by atoms with Gasteiger partial charge in [-0.25, -0.2) is 0 Å². The van der Waals surface area contributed by atoms with Crippen LogP contribution in [-0.4, -0.2) is 32.8 Å². The van der Waals surface area contributed by atoms with Gasteiger partial charge in [-0.15, -0.1) is 10.2 Å². The van der Waals surface area contributed by atoms with Crippen LogP contribution in [0.25, 0.3) is 0 Å². The van der Waals surface area contributed by atoms with E-state index in [-0.39, 0.29) is 17.4 Å². The zero-order valence-electron chi connectivity index (χ0n) is 14.2. The number of fused-ring (bicyclic) bond motifs is 1.